The fourth-order valence-corrected chi connectivity index (χ4v) is 1.26. The van der Waals surface area contributed by atoms with E-state index >= 15 is 0 Å². The Kier molecular flexibility index (Phi) is 3.75. The number of aryl methyl sites for hydroxylation is 1. The maximum atomic E-state index is 10.7. The Morgan fingerprint density at radius 1 is 1.60 bits per heavy atom. The van der Waals surface area contributed by atoms with E-state index in [2.05, 4.69) is 15.3 Å². The fourth-order valence-electron chi connectivity index (χ4n) is 1.05. The molecule has 1 heterocycles. The molecule has 0 atom stereocenters. The molecule has 0 saturated carbocycles. The third-order valence-electron chi connectivity index (χ3n) is 1.62. The van der Waals surface area contributed by atoms with Crippen molar-refractivity contribution in [2.75, 3.05) is 18.5 Å². The lowest BCUT2D eigenvalue weighted by Gasteiger charge is -2.05. The normalized spacial score (nSPS) is 10.1. The summed E-state index contributed by atoms with van der Waals surface area (Å²) in [6, 6.07) is 0. The van der Waals surface area contributed by atoms with Gasteiger partial charge in [0.2, 0.25) is 11.1 Å². The average Bonchev–Trinajstić information content (AvgIpc) is 2.12. The summed E-state index contributed by atoms with van der Waals surface area (Å²) in [6.45, 7) is 1.47. The zero-order chi connectivity index (χ0) is 11.4. The molecule has 82 valence electrons. The molecule has 0 unspecified atom stereocenters. The number of nitro groups is 1. The van der Waals surface area contributed by atoms with Crippen LogP contribution in [-0.4, -0.2) is 33.1 Å². The Labute approximate surface area is 90.3 Å². The van der Waals surface area contributed by atoms with E-state index in [1.54, 1.807) is 0 Å². The van der Waals surface area contributed by atoms with Crippen LogP contribution in [0.4, 0.5) is 11.5 Å². The molecule has 7 nitrogen and oxygen atoms in total. The number of nitrogens with one attached hydrogen (secondary N) is 1. The molecule has 8 heteroatoms. The highest BCUT2D eigenvalue weighted by Gasteiger charge is 2.20. The minimum absolute atomic E-state index is 0.0200. The molecule has 0 saturated heterocycles. The van der Waals surface area contributed by atoms with Crippen molar-refractivity contribution in [1.82, 2.24) is 9.97 Å². The maximum Gasteiger partial charge on any atom is 0.332 e. The standard InChI is InChI=1S/C7H9ClN4O3/c1-4-5(12(14)15)6(9-2-3-13)11-7(8)10-4/h13H,2-3H2,1H3,(H,9,10,11). The lowest BCUT2D eigenvalue weighted by atomic mass is 10.3. The number of aromatic nitrogens is 2. The second-order valence-corrected chi connectivity index (χ2v) is 3.02. The van der Waals surface area contributed by atoms with Crippen molar-refractivity contribution in [3.8, 4) is 0 Å². The number of aliphatic hydroxyl groups is 1. The highest BCUT2D eigenvalue weighted by Crippen LogP contribution is 2.25. The van der Waals surface area contributed by atoms with E-state index in [0.29, 0.717) is 0 Å². The van der Waals surface area contributed by atoms with Gasteiger partial charge in [-0.1, -0.05) is 0 Å². The number of anilines is 1. The molecule has 0 aromatic carbocycles. The van der Waals surface area contributed by atoms with Crippen molar-refractivity contribution in [2.24, 2.45) is 0 Å². The van der Waals surface area contributed by atoms with E-state index in [1.165, 1.54) is 6.92 Å². The molecule has 15 heavy (non-hydrogen) atoms. The van der Waals surface area contributed by atoms with Gasteiger partial charge >= 0.3 is 5.69 Å². The van der Waals surface area contributed by atoms with Gasteiger partial charge in [-0.2, -0.15) is 4.98 Å². The molecule has 1 aromatic heterocycles. The van der Waals surface area contributed by atoms with Gasteiger partial charge in [-0.25, -0.2) is 4.98 Å². The molecular weight excluding hydrogens is 224 g/mol. The van der Waals surface area contributed by atoms with Crippen LogP contribution in [0.1, 0.15) is 5.69 Å². The number of halogens is 1. The largest absolute Gasteiger partial charge is 0.395 e. The summed E-state index contributed by atoms with van der Waals surface area (Å²) in [5.41, 5.74) is -0.0479. The Balaban J connectivity index is 3.14. The lowest BCUT2D eigenvalue weighted by Crippen LogP contribution is -2.11. The van der Waals surface area contributed by atoms with E-state index in [4.69, 9.17) is 16.7 Å². The molecular formula is C7H9ClN4O3. The third kappa shape index (κ3) is 2.74. The molecule has 0 radical (unpaired) electrons. The van der Waals surface area contributed by atoms with E-state index in [1.807, 2.05) is 0 Å². The van der Waals surface area contributed by atoms with E-state index < -0.39 is 4.92 Å². The first-order valence-corrected chi connectivity index (χ1v) is 4.47. The molecule has 0 aliphatic carbocycles. The van der Waals surface area contributed by atoms with Crippen LogP contribution in [0.15, 0.2) is 0 Å². The molecule has 0 spiro atoms. The lowest BCUT2D eigenvalue weighted by molar-refractivity contribution is -0.385. The summed E-state index contributed by atoms with van der Waals surface area (Å²) in [6.07, 6.45) is 0. The highest BCUT2D eigenvalue weighted by molar-refractivity contribution is 6.28. The first-order chi connectivity index (χ1) is 7.06. The SMILES string of the molecule is Cc1nc(Cl)nc(NCCO)c1[N+](=O)[O-]. The number of hydrogen-bond donors (Lipinski definition) is 2. The molecule has 0 aliphatic rings. The van der Waals surface area contributed by atoms with Gasteiger partial charge < -0.3 is 10.4 Å². The van der Waals surface area contributed by atoms with Crippen molar-refractivity contribution in [3.63, 3.8) is 0 Å². The molecule has 0 amide bonds. The van der Waals surface area contributed by atoms with Gasteiger partial charge in [0, 0.05) is 6.54 Å². The quantitative estimate of drug-likeness (QED) is 0.451. The topological polar surface area (TPSA) is 101 Å². The second-order valence-electron chi connectivity index (χ2n) is 2.68. The predicted molar refractivity (Wildman–Crippen MR) is 54.0 cm³/mol. The van der Waals surface area contributed by atoms with E-state index in [9.17, 15) is 10.1 Å². The first-order valence-electron chi connectivity index (χ1n) is 4.09. The number of aliphatic hydroxyl groups excluding tert-OH is 1. The van der Waals surface area contributed by atoms with Gasteiger partial charge in [-0.15, -0.1) is 0 Å². The van der Waals surface area contributed by atoms with Gasteiger partial charge in [0.25, 0.3) is 0 Å². The van der Waals surface area contributed by atoms with Crippen LogP contribution in [0.2, 0.25) is 5.28 Å². The van der Waals surface area contributed by atoms with Crippen LogP contribution in [0.25, 0.3) is 0 Å². The summed E-state index contributed by atoms with van der Waals surface area (Å²) in [7, 11) is 0. The predicted octanol–water partition coefficient (Wildman–Crippen LogP) is 0.751. The zero-order valence-electron chi connectivity index (χ0n) is 7.90. The van der Waals surface area contributed by atoms with Crippen LogP contribution in [0, 0.1) is 17.0 Å². The smallest absolute Gasteiger partial charge is 0.332 e. The van der Waals surface area contributed by atoms with Gasteiger partial charge in [-0.3, -0.25) is 10.1 Å². The van der Waals surface area contributed by atoms with E-state index in [-0.39, 0.29) is 35.6 Å². The van der Waals surface area contributed by atoms with Gasteiger partial charge in [0.1, 0.15) is 5.69 Å². The van der Waals surface area contributed by atoms with Crippen molar-refractivity contribution in [1.29, 1.82) is 0 Å². The monoisotopic (exact) mass is 232 g/mol. The Hall–Kier alpha value is -1.47. The molecule has 0 aliphatic heterocycles. The third-order valence-corrected chi connectivity index (χ3v) is 1.79. The minimum atomic E-state index is -0.592. The minimum Gasteiger partial charge on any atom is -0.395 e. The van der Waals surface area contributed by atoms with Crippen LogP contribution in [-0.2, 0) is 0 Å². The van der Waals surface area contributed by atoms with Crippen molar-refractivity contribution < 1.29 is 10.0 Å². The van der Waals surface area contributed by atoms with Crippen LogP contribution < -0.4 is 5.32 Å². The van der Waals surface area contributed by atoms with Crippen LogP contribution >= 0.6 is 11.6 Å². The molecule has 0 fully saturated rings. The highest BCUT2D eigenvalue weighted by atomic mass is 35.5. The van der Waals surface area contributed by atoms with E-state index in [0.717, 1.165) is 0 Å². The van der Waals surface area contributed by atoms with Gasteiger partial charge in [0.15, 0.2) is 0 Å². The Morgan fingerprint density at radius 2 is 2.27 bits per heavy atom. The summed E-state index contributed by atoms with van der Waals surface area (Å²) < 4.78 is 0. The summed E-state index contributed by atoms with van der Waals surface area (Å²) in [4.78, 5) is 17.5. The van der Waals surface area contributed by atoms with Gasteiger partial charge in [-0.05, 0) is 18.5 Å². The molecule has 1 rings (SSSR count). The summed E-state index contributed by atoms with van der Waals surface area (Å²) >= 11 is 5.56. The number of rotatable bonds is 4. The van der Waals surface area contributed by atoms with Gasteiger partial charge in [0.05, 0.1) is 11.5 Å². The molecule has 0 bridgehead atoms. The average molecular weight is 233 g/mol. The number of nitrogens with zero attached hydrogens (tertiary/aromatic N) is 3. The van der Waals surface area contributed by atoms with Crippen LogP contribution in [0.5, 0.6) is 0 Å². The second kappa shape index (κ2) is 4.85. The maximum absolute atomic E-state index is 10.7. The summed E-state index contributed by atoms with van der Waals surface area (Å²) in [5, 5.41) is 21.8. The molecule has 1 aromatic rings. The Bertz CT molecular complexity index is 385. The van der Waals surface area contributed by atoms with Crippen LogP contribution in [0.3, 0.4) is 0 Å². The first kappa shape index (κ1) is 11.6. The number of hydrogen-bond acceptors (Lipinski definition) is 6. The summed E-state index contributed by atoms with van der Waals surface area (Å²) in [5.74, 6) is 0.0200. The van der Waals surface area contributed by atoms with Crippen molar-refractivity contribution in [2.45, 2.75) is 6.92 Å². The van der Waals surface area contributed by atoms with Crippen molar-refractivity contribution >= 4 is 23.1 Å². The fraction of sp³-hybridized carbons (Fsp3) is 0.429. The Morgan fingerprint density at radius 3 is 2.80 bits per heavy atom. The molecule has 2 N–H and O–H groups in total. The van der Waals surface area contributed by atoms with Crippen molar-refractivity contribution in [3.05, 3.63) is 21.1 Å². The zero-order valence-corrected chi connectivity index (χ0v) is 8.65.